The number of hydrogen-bond acceptors (Lipinski definition) is 4. The quantitative estimate of drug-likeness (QED) is 0.814. The second kappa shape index (κ2) is 4.79. The lowest BCUT2D eigenvalue weighted by molar-refractivity contribution is 0.0600. The van der Waals surface area contributed by atoms with Crippen molar-refractivity contribution in [2.45, 2.75) is 0 Å². The summed E-state index contributed by atoms with van der Waals surface area (Å²) in [5, 5.41) is 0. The van der Waals surface area contributed by atoms with Gasteiger partial charge in [0, 0.05) is 18.0 Å². The molecule has 0 amide bonds. The van der Waals surface area contributed by atoms with Gasteiger partial charge in [-0.15, -0.1) is 0 Å². The Morgan fingerprint density at radius 3 is 2.83 bits per heavy atom. The van der Waals surface area contributed by atoms with Gasteiger partial charge in [0.2, 0.25) is 0 Å². The highest BCUT2D eigenvalue weighted by molar-refractivity contribution is 5.90. The van der Waals surface area contributed by atoms with Crippen LogP contribution in [0, 0.1) is 5.82 Å². The summed E-state index contributed by atoms with van der Waals surface area (Å²) in [4.78, 5) is 29.1. The second-order valence-corrected chi connectivity index (χ2v) is 3.49. The number of hydrogen-bond donors (Lipinski definition) is 1. The molecule has 18 heavy (non-hydrogen) atoms. The van der Waals surface area contributed by atoms with Crippen molar-refractivity contribution in [3.05, 3.63) is 52.3 Å². The molecule has 0 unspecified atom stereocenters. The first-order chi connectivity index (χ1) is 8.61. The smallest absolute Gasteiger partial charge is 0.337 e. The molecule has 92 valence electrons. The van der Waals surface area contributed by atoms with Crippen molar-refractivity contribution >= 4 is 5.97 Å². The SMILES string of the molecule is COC(=O)c1cc(F)cc(-c2ncc[nH]c2=O)c1. The predicted molar refractivity (Wildman–Crippen MR) is 61.6 cm³/mol. The summed E-state index contributed by atoms with van der Waals surface area (Å²) in [6, 6.07) is 3.52. The van der Waals surface area contributed by atoms with Crippen LogP contribution in [0.1, 0.15) is 10.4 Å². The second-order valence-electron chi connectivity index (χ2n) is 3.49. The van der Waals surface area contributed by atoms with E-state index in [9.17, 15) is 14.0 Å². The van der Waals surface area contributed by atoms with E-state index in [0.29, 0.717) is 0 Å². The van der Waals surface area contributed by atoms with Gasteiger partial charge in [-0.1, -0.05) is 0 Å². The molecule has 0 aliphatic heterocycles. The largest absolute Gasteiger partial charge is 0.465 e. The number of nitrogens with zero attached hydrogens (tertiary/aromatic N) is 1. The molecule has 6 heteroatoms. The normalized spacial score (nSPS) is 10.1. The van der Waals surface area contributed by atoms with Crippen LogP contribution in [0.5, 0.6) is 0 Å². The fourth-order valence-electron chi connectivity index (χ4n) is 1.52. The van der Waals surface area contributed by atoms with Crippen molar-refractivity contribution in [2.75, 3.05) is 7.11 Å². The van der Waals surface area contributed by atoms with Gasteiger partial charge in [0.15, 0.2) is 0 Å². The number of carbonyl (C=O) groups is 1. The van der Waals surface area contributed by atoms with Crippen LogP contribution in [0.15, 0.2) is 35.4 Å². The Balaban J connectivity index is 2.59. The van der Waals surface area contributed by atoms with Crippen LogP contribution in [-0.2, 0) is 4.74 Å². The molecule has 0 spiro atoms. The van der Waals surface area contributed by atoms with Crippen molar-refractivity contribution in [3.63, 3.8) is 0 Å². The average molecular weight is 248 g/mol. The number of esters is 1. The van der Waals surface area contributed by atoms with Gasteiger partial charge in [0.05, 0.1) is 12.7 Å². The highest BCUT2D eigenvalue weighted by atomic mass is 19.1. The van der Waals surface area contributed by atoms with Crippen LogP contribution in [0.25, 0.3) is 11.3 Å². The number of aromatic amines is 1. The van der Waals surface area contributed by atoms with E-state index in [1.54, 1.807) is 0 Å². The summed E-state index contributed by atoms with van der Waals surface area (Å²) in [6.45, 7) is 0. The standard InChI is InChI=1S/C12H9FN2O3/c1-18-12(17)8-4-7(5-9(13)6-8)10-11(16)15-3-2-14-10/h2-6H,1H3,(H,15,16). The molecule has 0 saturated heterocycles. The van der Waals surface area contributed by atoms with E-state index in [1.165, 1.54) is 25.6 Å². The lowest BCUT2D eigenvalue weighted by Gasteiger charge is -2.03. The topological polar surface area (TPSA) is 72.0 Å². The lowest BCUT2D eigenvalue weighted by Crippen LogP contribution is -2.10. The Bertz CT molecular complexity index is 652. The van der Waals surface area contributed by atoms with E-state index in [-0.39, 0.29) is 16.8 Å². The molecular weight excluding hydrogens is 239 g/mol. The molecule has 0 aliphatic rings. The third kappa shape index (κ3) is 2.27. The number of benzene rings is 1. The fourth-order valence-corrected chi connectivity index (χ4v) is 1.52. The maximum atomic E-state index is 13.4. The van der Waals surface area contributed by atoms with Gasteiger partial charge in [-0.05, 0) is 18.2 Å². The van der Waals surface area contributed by atoms with Gasteiger partial charge in [-0.3, -0.25) is 4.79 Å². The minimum Gasteiger partial charge on any atom is -0.465 e. The van der Waals surface area contributed by atoms with Crippen LogP contribution in [0.3, 0.4) is 0 Å². The van der Waals surface area contributed by atoms with Gasteiger partial charge in [-0.2, -0.15) is 0 Å². The number of rotatable bonds is 2. The highest BCUT2D eigenvalue weighted by Gasteiger charge is 2.12. The molecule has 1 aromatic carbocycles. The van der Waals surface area contributed by atoms with Crippen LogP contribution in [0.2, 0.25) is 0 Å². The number of H-pyrrole nitrogens is 1. The van der Waals surface area contributed by atoms with Crippen LogP contribution >= 0.6 is 0 Å². The monoisotopic (exact) mass is 248 g/mol. The van der Waals surface area contributed by atoms with Crippen LogP contribution in [-0.4, -0.2) is 23.0 Å². The number of aromatic nitrogens is 2. The lowest BCUT2D eigenvalue weighted by atomic mass is 10.1. The molecule has 1 N–H and O–H groups in total. The zero-order valence-corrected chi connectivity index (χ0v) is 9.44. The zero-order chi connectivity index (χ0) is 13.1. The molecule has 2 aromatic rings. The molecule has 1 aromatic heterocycles. The van der Waals surface area contributed by atoms with Crippen LogP contribution < -0.4 is 5.56 Å². The highest BCUT2D eigenvalue weighted by Crippen LogP contribution is 2.17. The Hall–Kier alpha value is -2.50. The molecule has 5 nitrogen and oxygen atoms in total. The Morgan fingerprint density at radius 1 is 1.39 bits per heavy atom. The number of carbonyl (C=O) groups excluding carboxylic acids is 1. The van der Waals surface area contributed by atoms with Crippen molar-refractivity contribution in [1.29, 1.82) is 0 Å². The molecule has 0 aliphatic carbocycles. The first-order valence-corrected chi connectivity index (χ1v) is 5.05. The van der Waals surface area contributed by atoms with E-state index in [4.69, 9.17) is 0 Å². The number of nitrogens with one attached hydrogen (secondary N) is 1. The summed E-state index contributed by atoms with van der Waals surface area (Å²) < 4.78 is 17.9. The zero-order valence-electron chi connectivity index (χ0n) is 9.44. The summed E-state index contributed by atoms with van der Waals surface area (Å²) >= 11 is 0. The van der Waals surface area contributed by atoms with Crippen molar-refractivity contribution in [2.24, 2.45) is 0 Å². The third-order valence-electron chi connectivity index (χ3n) is 2.30. The van der Waals surface area contributed by atoms with E-state index >= 15 is 0 Å². The number of ether oxygens (including phenoxy) is 1. The molecule has 0 atom stereocenters. The van der Waals surface area contributed by atoms with Crippen LogP contribution in [0.4, 0.5) is 4.39 Å². The molecule has 2 rings (SSSR count). The summed E-state index contributed by atoms with van der Waals surface area (Å²) in [6.07, 6.45) is 2.74. The first kappa shape index (κ1) is 12.0. The molecule has 0 radical (unpaired) electrons. The van der Waals surface area contributed by atoms with E-state index in [0.717, 1.165) is 12.1 Å². The summed E-state index contributed by atoms with van der Waals surface area (Å²) in [5.74, 6) is -1.32. The van der Waals surface area contributed by atoms with Gasteiger partial charge >= 0.3 is 5.97 Å². The van der Waals surface area contributed by atoms with Crippen molar-refractivity contribution < 1.29 is 13.9 Å². The Morgan fingerprint density at radius 2 is 2.17 bits per heavy atom. The van der Waals surface area contributed by atoms with Crippen molar-refractivity contribution in [3.8, 4) is 11.3 Å². The van der Waals surface area contributed by atoms with Gasteiger partial charge in [-0.25, -0.2) is 14.2 Å². The predicted octanol–water partition coefficient (Wildman–Crippen LogP) is 1.36. The van der Waals surface area contributed by atoms with E-state index in [2.05, 4.69) is 14.7 Å². The van der Waals surface area contributed by atoms with Gasteiger partial charge in [0.25, 0.3) is 5.56 Å². The maximum Gasteiger partial charge on any atom is 0.337 e. The Kier molecular flexibility index (Phi) is 3.18. The molecule has 0 fully saturated rings. The van der Waals surface area contributed by atoms with E-state index in [1.807, 2.05) is 0 Å². The number of methoxy groups -OCH3 is 1. The Labute approximate surface area is 101 Å². The minimum atomic E-state index is -0.678. The molecular formula is C12H9FN2O3. The average Bonchev–Trinajstić information content (AvgIpc) is 2.37. The fraction of sp³-hybridized carbons (Fsp3) is 0.0833. The van der Waals surface area contributed by atoms with Gasteiger partial charge < -0.3 is 9.72 Å². The summed E-state index contributed by atoms with van der Waals surface area (Å²) in [7, 11) is 1.19. The number of halogens is 1. The maximum absolute atomic E-state index is 13.4. The minimum absolute atomic E-state index is 0.0255. The summed E-state index contributed by atoms with van der Waals surface area (Å²) in [5.41, 5.74) is -0.170. The van der Waals surface area contributed by atoms with Crippen molar-refractivity contribution in [1.82, 2.24) is 9.97 Å². The molecule has 0 bridgehead atoms. The molecule has 0 saturated carbocycles. The first-order valence-electron chi connectivity index (χ1n) is 5.05. The van der Waals surface area contributed by atoms with E-state index < -0.39 is 17.3 Å². The van der Waals surface area contributed by atoms with Gasteiger partial charge in [0.1, 0.15) is 11.5 Å². The third-order valence-corrected chi connectivity index (χ3v) is 2.30. The molecule has 1 heterocycles.